The van der Waals surface area contributed by atoms with Crippen molar-refractivity contribution >= 4 is 0 Å². The summed E-state index contributed by atoms with van der Waals surface area (Å²) in [6, 6.07) is 0.718. The maximum absolute atomic E-state index is 9.81. The quantitative estimate of drug-likeness (QED) is 0.798. The van der Waals surface area contributed by atoms with E-state index in [4.69, 9.17) is 0 Å². The summed E-state index contributed by atoms with van der Waals surface area (Å²) >= 11 is 0. The van der Waals surface area contributed by atoms with Crippen molar-refractivity contribution in [2.24, 2.45) is 10.8 Å². The first-order valence-electron chi connectivity index (χ1n) is 6.76. The predicted molar refractivity (Wildman–Crippen MR) is 67.4 cm³/mol. The van der Waals surface area contributed by atoms with Gasteiger partial charge in [0.1, 0.15) is 0 Å². The van der Waals surface area contributed by atoms with E-state index in [1.54, 1.807) is 0 Å². The number of β-amino-alcohol motifs (C(OH)–C–C–N with tert-alkyl or cyclic N) is 1. The van der Waals surface area contributed by atoms with Crippen molar-refractivity contribution in [3.05, 3.63) is 0 Å². The zero-order chi connectivity index (χ0) is 12.0. The minimum absolute atomic E-state index is 0.133. The number of hydrogen-bond acceptors (Lipinski definition) is 2. The van der Waals surface area contributed by atoms with E-state index in [1.165, 1.54) is 25.8 Å². The van der Waals surface area contributed by atoms with Gasteiger partial charge >= 0.3 is 0 Å². The van der Waals surface area contributed by atoms with E-state index in [1.807, 2.05) is 0 Å². The molecule has 2 bridgehead atoms. The Balaban J connectivity index is 2.04. The first-order chi connectivity index (χ1) is 7.34. The van der Waals surface area contributed by atoms with Gasteiger partial charge in [0.2, 0.25) is 0 Å². The molecule has 0 radical (unpaired) electrons. The summed E-state index contributed by atoms with van der Waals surface area (Å²) in [6.45, 7) is 11.4. The minimum atomic E-state index is -0.133. The molecular weight excluding hydrogens is 198 g/mol. The van der Waals surface area contributed by atoms with Gasteiger partial charge in [-0.2, -0.15) is 0 Å². The predicted octanol–water partition coefficient (Wildman–Crippen LogP) is 2.66. The molecule has 1 saturated heterocycles. The molecule has 1 saturated carbocycles. The third-order valence-corrected chi connectivity index (χ3v) is 4.44. The molecule has 0 spiro atoms. The van der Waals surface area contributed by atoms with Crippen molar-refractivity contribution in [2.75, 3.05) is 13.1 Å². The number of likely N-dealkylation sites (tertiary alicyclic amines) is 1. The van der Waals surface area contributed by atoms with Gasteiger partial charge in [-0.05, 0) is 36.5 Å². The topological polar surface area (TPSA) is 23.5 Å². The van der Waals surface area contributed by atoms with Gasteiger partial charge in [-0.25, -0.2) is 0 Å². The van der Waals surface area contributed by atoms with Gasteiger partial charge in [0.25, 0.3) is 0 Å². The van der Waals surface area contributed by atoms with E-state index in [0.29, 0.717) is 10.8 Å². The minimum Gasteiger partial charge on any atom is -0.392 e. The lowest BCUT2D eigenvalue weighted by Gasteiger charge is -2.40. The Morgan fingerprint density at radius 2 is 2.00 bits per heavy atom. The zero-order valence-corrected chi connectivity index (χ0v) is 11.3. The summed E-state index contributed by atoms with van der Waals surface area (Å²) in [5.41, 5.74) is 0.990. The van der Waals surface area contributed by atoms with Crippen molar-refractivity contribution in [2.45, 2.75) is 65.5 Å². The summed E-state index contributed by atoms with van der Waals surface area (Å²) in [5.74, 6) is 0. The molecule has 2 rings (SSSR count). The Hall–Kier alpha value is -0.0800. The zero-order valence-electron chi connectivity index (χ0n) is 11.3. The van der Waals surface area contributed by atoms with Crippen molar-refractivity contribution in [3.63, 3.8) is 0 Å². The van der Waals surface area contributed by atoms with Crippen molar-refractivity contribution in [1.29, 1.82) is 0 Å². The molecule has 1 aliphatic carbocycles. The van der Waals surface area contributed by atoms with Crippen LogP contribution in [0.3, 0.4) is 0 Å². The maximum atomic E-state index is 9.81. The van der Waals surface area contributed by atoms with Crippen LogP contribution < -0.4 is 0 Å². The van der Waals surface area contributed by atoms with Crippen LogP contribution in [0, 0.1) is 10.8 Å². The normalized spacial score (nSPS) is 39.9. The molecular formula is C14H27NO. The van der Waals surface area contributed by atoms with Crippen LogP contribution in [0.25, 0.3) is 0 Å². The van der Waals surface area contributed by atoms with Crippen molar-refractivity contribution in [3.8, 4) is 0 Å². The van der Waals surface area contributed by atoms with Crippen molar-refractivity contribution in [1.82, 2.24) is 4.90 Å². The molecule has 0 amide bonds. The van der Waals surface area contributed by atoms with Crippen LogP contribution in [0.5, 0.6) is 0 Å². The Morgan fingerprint density at radius 3 is 2.62 bits per heavy atom. The number of fused-ring (bicyclic) bond motifs is 2. The van der Waals surface area contributed by atoms with Crippen LogP contribution in [-0.2, 0) is 0 Å². The van der Waals surface area contributed by atoms with E-state index in [9.17, 15) is 5.11 Å². The van der Waals surface area contributed by atoms with Crippen LogP contribution >= 0.6 is 0 Å². The lowest BCUT2D eigenvalue weighted by atomic mass is 9.65. The Morgan fingerprint density at radius 1 is 1.31 bits per heavy atom. The van der Waals surface area contributed by atoms with Crippen LogP contribution in [0.4, 0.5) is 0 Å². The first-order valence-corrected chi connectivity index (χ1v) is 6.76. The molecule has 1 N–H and O–H groups in total. The fraction of sp³-hybridized carbons (Fsp3) is 1.00. The summed E-state index contributed by atoms with van der Waals surface area (Å²) in [4.78, 5) is 2.54. The average Bonchev–Trinajstić information content (AvgIpc) is 2.35. The molecule has 0 unspecified atom stereocenters. The molecule has 2 fully saturated rings. The second-order valence-corrected chi connectivity index (χ2v) is 7.21. The van der Waals surface area contributed by atoms with E-state index in [2.05, 4.69) is 32.6 Å². The Bertz CT molecular complexity index is 263. The van der Waals surface area contributed by atoms with Gasteiger partial charge in [0.05, 0.1) is 6.10 Å². The van der Waals surface area contributed by atoms with Gasteiger partial charge in [-0.1, -0.05) is 27.7 Å². The lowest BCUT2D eigenvalue weighted by Crippen LogP contribution is -2.37. The monoisotopic (exact) mass is 225 g/mol. The highest BCUT2D eigenvalue weighted by atomic mass is 16.3. The molecule has 0 aromatic rings. The molecule has 2 nitrogen and oxygen atoms in total. The highest BCUT2D eigenvalue weighted by Crippen LogP contribution is 2.52. The largest absolute Gasteiger partial charge is 0.392 e. The molecule has 2 heteroatoms. The Kier molecular flexibility index (Phi) is 3.09. The summed E-state index contributed by atoms with van der Waals surface area (Å²) in [6.07, 6.45) is 4.73. The molecule has 1 aliphatic heterocycles. The Labute approximate surface area is 100 Å². The molecule has 1 heterocycles. The maximum Gasteiger partial charge on any atom is 0.0664 e. The van der Waals surface area contributed by atoms with Gasteiger partial charge in [-0.15, -0.1) is 0 Å². The first kappa shape index (κ1) is 12.4. The van der Waals surface area contributed by atoms with Crippen LogP contribution in [0.1, 0.15) is 53.4 Å². The fourth-order valence-corrected chi connectivity index (χ4v) is 4.19. The van der Waals surface area contributed by atoms with Crippen LogP contribution in [-0.4, -0.2) is 35.2 Å². The van der Waals surface area contributed by atoms with Crippen LogP contribution in [0.15, 0.2) is 0 Å². The number of aliphatic hydroxyl groups excluding tert-OH is 1. The summed E-state index contributed by atoms with van der Waals surface area (Å²) in [7, 11) is 0. The third kappa shape index (κ3) is 2.43. The number of hydrogen-bond donors (Lipinski definition) is 1. The SMILES string of the molecule is CC[C@H](O)CN1C[C@]2(C)C[C@H]1CC(C)(C)C2. The standard InChI is InChI=1S/C14H27NO/c1-5-12(16)8-15-10-14(4)7-11(15)6-13(2,3)9-14/h11-12,16H,5-10H2,1-4H3/t11-,12+,14-/m1/s1. The molecule has 3 atom stereocenters. The van der Waals surface area contributed by atoms with E-state index >= 15 is 0 Å². The fourth-order valence-electron chi connectivity index (χ4n) is 4.19. The van der Waals surface area contributed by atoms with E-state index in [-0.39, 0.29) is 6.10 Å². The van der Waals surface area contributed by atoms with Crippen molar-refractivity contribution < 1.29 is 5.11 Å². The number of nitrogens with zero attached hydrogens (tertiary/aromatic N) is 1. The summed E-state index contributed by atoms with van der Waals surface area (Å²) < 4.78 is 0. The van der Waals surface area contributed by atoms with E-state index in [0.717, 1.165) is 19.0 Å². The molecule has 2 aliphatic rings. The van der Waals surface area contributed by atoms with Gasteiger partial charge in [-0.3, -0.25) is 4.90 Å². The van der Waals surface area contributed by atoms with E-state index < -0.39 is 0 Å². The highest BCUT2D eigenvalue weighted by molar-refractivity contribution is 5.02. The smallest absolute Gasteiger partial charge is 0.0664 e. The average molecular weight is 225 g/mol. The number of aliphatic hydroxyl groups is 1. The van der Waals surface area contributed by atoms with Gasteiger partial charge in [0, 0.05) is 19.1 Å². The number of rotatable bonds is 3. The van der Waals surface area contributed by atoms with Gasteiger partial charge in [0.15, 0.2) is 0 Å². The highest BCUT2D eigenvalue weighted by Gasteiger charge is 2.49. The van der Waals surface area contributed by atoms with Gasteiger partial charge < -0.3 is 5.11 Å². The third-order valence-electron chi connectivity index (χ3n) is 4.44. The lowest BCUT2D eigenvalue weighted by molar-refractivity contribution is 0.0899. The molecule has 0 aromatic heterocycles. The van der Waals surface area contributed by atoms with Crippen LogP contribution in [0.2, 0.25) is 0 Å². The molecule has 16 heavy (non-hydrogen) atoms. The summed E-state index contributed by atoms with van der Waals surface area (Å²) in [5, 5.41) is 9.81. The molecule has 94 valence electrons. The molecule has 0 aromatic carbocycles. The second kappa shape index (κ2) is 3.99. The second-order valence-electron chi connectivity index (χ2n) is 7.21.